The average Bonchev–Trinajstić information content (AvgIpc) is 2.45. The zero-order valence-corrected chi connectivity index (χ0v) is 10.2. The van der Waals surface area contributed by atoms with Crippen molar-refractivity contribution in [2.45, 2.75) is 6.92 Å². The number of hydrogen-bond acceptors (Lipinski definition) is 1. The van der Waals surface area contributed by atoms with E-state index in [1.165, 1.54) is 0 Å². The molecule has 0 unspecified atom stereocenters. The Kier molecular flexibility index (Phi) is 3.83. The van der Waals surface area contributed by atoms with Crippen molar-refractivity contribution in [3.05, 3.63) is 64.5 Å². The van der Waals surface area contributed by atoms with E-state index < -0.39 is 34.8 Å². The van der Waals surface area contributed by atoms with Gasteiger partial charge in [0.2, 0.25) is 5.82 Å². The van der Waals surface area contributed by atoms with E-state index >= 15 is 0 Å². The molecule has 104 valence electrons. The summed E-state index contributed by atoms with van der Waals surface area (Å²) in [4.78, 5) is 3.35. The van der Waals surface area contributed by atoms with Gasteiger partial charge in [-0.3, -0.25) is 0 Å². The summed E-state index contributed by atoms with van der Waals surface area (Å²) >= 11 is 0. The normalized spacial score (nSPS) is 11.3. The summed E-state index contributed by atoms with van der Waals surface area (Å²) in [6.45, 7) is 1.84. The maximum atomic E-state index is 13.3. The van der Waals surface area contributed by atoms with Crippen molar-refractivity contribution in [3.8, 4) is 0 Å². The third-order valence-corrected chi connectivity index (χ3v) is 2.61. The summed E-state index contributed by atoms with van der Waals surface area (Å²) in [5.41, 5.74) is 0.222. The van der Waals surface area contributed by atoms with Crippen LogP contribution in [0.4, 0.5) is 27.6 Å². The van der Waals surface area contributed by atoms with Gasteiger partial charge in [0.25, 0.3) is 0 Å². The van der Waals surface area contributed by atoms with Gasteiger partial charge in [-0.1, -0.05) is 29.8 Å². The van der Waals surface area contributed by atoms with Crippen LogP contribution in [-0.2, 0) is 0 Å². The van der Waals surface area contributed by atoms with E-state index in [1.54, 1.807) is 24.3 Å². The monoisotopic (exact) mass is 285 g/mol. The van der Waals surface area contributed by atoms with Crippen LogP contribution in [0.15, 0.2) is 29.3 Å². The Hall–Kier alpha value is -2.24. The molecule has 2 aromatic rings. The molecule has 0 aliphatic heterocycles. The van der Waals surface area contributed by atoms with Crippen molar-refractivity contribution in [3.63, 3.8) is 0 Å². The minimum atomic E-state index is -2.20. The third-order valence-electron chi connectivity index (χ3n) is 2.61. The van der Waals surface area contributed by atoms with Gasteiger partial charge in [0.05, 0.1) is 0 Å². The van der Waals surface area contributed by atoms with Gasteiger partial charge in [-0.25, -0.2) is 26.9 Å². The number of hydrogen-bond donors (Lipinski definition) is 0. The lowest BCUT2D eigenvalue weighted by Gasteiger charge is -2.03. The van der Waals surface area contributed by atoms with Crippen LogP contribution < -0.4 is 0 Å². The summed E-state index contributed by atoms with van der Waals surface area (Å²) < 4.78 is 65.4. The van der Waals surface area contributed by atoms with Crippen LogP contribution in [0.25, 0.3) is 0 Å². The van der Waals surface area contributed by atoms with E-state index in [9.17, 15) is 22.0 Å². The molecule has 0 aromatic heterocycles. The first-order valence-electron chi connectivity index (χ1n) is 5.54. The second kappa shape index (κ2) is 5.40. The van der Waals surface area contributed by atoms with Crippen LogP contribution in [0, 0.1) is 36.0 Å². The molecule has 0 heterocycles. The molecule has 0 atom stereocenters. The van der Waals surface area contributed by atoms with E-state index in [0.717, 1.165) is 11.8 Å². The molecule has 0 bridgehead atoms. The highest BCUT2D eigenvalue weighted by molar-refractivity contribution is 5.82. The molecule has 6 heteroatoms. The molecule has 0 aliphatic rings. The van der Waals surface area contributed by atoms with Crippen molar-refractivity contribution in [1.82, 2.24) is 0 Å². The number of aliphatic imine (C=N–C) groups is 1. The summed E-state index contributed by atoms with van der Waals surface area (Å²) in [6.07, 6.45) is 1.03. The molecule has 0 amide bonds. The average molecular weight is 285 g/mol. The van der Waals surface area contributed by atoms with Crippen LogP contribution in [0.3, 0.4) is 0 Å². The SMILES string of the molecule is Cc1ccc(C=Nc2c(F)c(F)c(F)c(F)c2F)cc1. The second-order valence-electron chi connectivity index (χ2n) is 4.09. The first kappa shape index (κ1) is 14.2. The Morgan fingerprint density at radius 1 is 0.750 bits per heavy atom. The molecule has 0 spiro atoms. The number of rotatable bonds is 2. The molecule has 0 aliphatic carbocycles. The van der Waals surface area contributed by atoms with Crippen LogP contribution in [0.5, 0.6) is 0 Å². The highest BCUT2D eigenvalue weighted by Gasteiger charge is 2.25. The number of aryl methyl sites for hydroxylation is 1. The van der Waals surface area contributed by atoms with E-state index in [4.69, 9.17) is 0 Å². The van der Waals surface area contributed by atoms with Gasteiger partial charge >= 0.3 is 0 Å². The summed E-state index contributed by atoms with van der Waals surface area (Å²) in [6, 6.07) is 6.65. The molecule has 2 aromatic carbocycles. The van der Waals surface area contributed by atoms with E-state index in [1.807, 2.05) is 6.92 Å². The maximum Gasteiger partial charge on any atom is 0.200 e. The lowest BCUT2D eigenvalue weighted by Crippen LogP contribution is -2.00. The molecule has 1 nitrogen and oxygen atoms in total. The first-order chi connectivity index (χ1) is 9.41. The molecule has 0 radical (unpaired) electrons. The maximum absolute atomic E-state index is 13.3. The quantitative estimate of drug-likeness (QED) is 0.335. The van der Waals surface area contributed by atoms with E-state index in [2.05, 4.69) is 4.99 Å². The minimum absolute atomic E-state index is 0.472. The van der Waals surface area contributed by atoms with Crippen molar-refractivity contribution >= 4 is 11.9 Å². The third kappa shape index (κ3) is 2.54. The molecule has 0 saturated heterocycles. The molecule has 0 saturated carbocycles. The van der Waals surface area contributed by atoms with Crippen molar-refractivity contribution < 1.29 is 22.0 Å². The van der Waals surface area contributed by atoms with Crippen LogP contribution >= 0.6 is 0 Å². The van der Waals surface area contributed by atoms with E-state index in [0.29, 0.717) is 5.56 Å². The lowest BCUT2D eigenvalue weighted by atomic mass is 10.2. The number of nitrogens with zero attached hydrogens (tertiary/aromatic N) is 1. The highest BCUT2D eigenvalue weighted by atomic mass is 19.2. The Morgan fingerprint density at radius 3 is 1.70 bits per heavy atom. The van der Waals surface area contributed by atoms with Gasteiger partial charge in [-0.05, 0) is 12.5 Å². The van der Waals surface area contributed by atoms with Crippen LogP contribution in [-0.4, -0.2) is 6.21 Å². The van der Waals surface area contributed by atoms with Gasteiger partial charge in [0, 0.05) is 6.21 Å². The number of halogens is 5. The van der Waals surface area contributed by atoms with Crippen molar-refractivity contribution in [1.29, 1.82) is 0 Å². The van der Waals surface area contributed by atoms with Gasteiger partial charge in [0.15, 0.2) is 23.3 Å². The van der Waals surface area contributed by atoms with Crippen LogP contribution in [0.1, 0.15) is 11.1 Å². The Balaban J connectivity index is 2.46. The molecule has 0 fully saturated rings. The minimum Gasteiger partial charge on any atom is -0.250 e. The van der Waals surface area contributed by atoms with Crippen LogP contribution in [0.2, 0.25) is 0 Å². The topological polar surface area (TPSA) is 12.4 Å². The Bertz CT molecular complexity index is 648. The zero-order chi connectivity index (χ0) is 14.9. The predicted molar refractivity (Wildman–Crippen MR) is 64.7 cm³/mol. The largest absolute Gasteiger partial charge is 0.250 e. The van der Waals surface area contributed by atoms with Gasteiger partial charge in [0.1, 0.15) is 5.69 Å². The standard InChI is InChI=1S/C14H8F5N/c1-7-2-4-8(5-3-7)6-20-14-12(18)10(16)9(15)11(17)13(14)19/h2-6H,1H3. The summed E-state index contributed by atoms with van der Waals surface area (Å²) in [5.74, 6) is -10.1. The zero-order valence-electron chi connectivity index (χ0n) is 10.2. The molecule has 0 N–H and O–H groups in total. The van der Waals surface area contributed by atoms with Gasteiger partial charge in [-0.15, -0.1) is 0 Å². The predicted octanol–water partition coefficient (Wildman–Crippen LogP) is 4.44. The van der Waals surface area contributed by atoms with Gasteiger partial charge in [-0.2, -0.15) is 0 Å². The van der Waals surface area contributed by atoms with Gasteiger partial charge < -0.3 is 0 Å². The Labute approximate surface area is 111 Å². The number of benzene rings is 2. The fourth-order valence-electron chi connectivity index (χ4n) is 1.50. The fraction of sp³-hybridized carbons (Fsp3) is 0.0714. The van der Waals surface area contributed by atoms with E-state index in [-0.39, 0.29) is 0 Å². The summed E-state index contributed by atoms with van der Waals surface area (Å²) in [7, 11) is 0. The van der Waals surface area contributed by atoms with Crippen molar-refractivity contribution in [2.24, 2.45) is 4.99 Å². The second-order valence-corrected chi connectivity index (χ2v) is 4.09. The highest BCUT2D eigenvalue weighted by Crippen LogP contribution is 2.29. The molecule has 2 rings (SSSR count). The summed E-state index contributed by atoms with van der Waals surface area (Å²) in [5, 5.41) is 0. The first-order valence-corrected chi connectivity index (χ1v) is 5.54. The molecular weight excluding hydrogens is 277 g/mol. The Morgan fingerprint density at radius 2 is 1.20 bits per heavy atom. The smallest absolute Gasteiger partial charge is 0.200 e. The lowest BCUT2D eigenvalue weighted by molar-refractivity contribution is 0.381. The molecule has 20 heavy (non-hydrogen) atoms. The van der Waals surface area contributed by atoms with Crippen molar-refractivity contribution in [2.75, 3.05) is 0 Å². The molecular formula is C14H8F5N. The fourth-order valence-corrected chi connectivity index (χ4v) is 1.50.